The maximum Gasteiger partial charge on any atom is 0.0798 e. The third kappa shape index (κ3) is 10.5. The van der Waals surface area contributed by atoms with Crippen LogP contribution < -0.4 is 5.32 Å². The Hall–Kier alpha value is -1.28. The molecule has 0 atom stereocenters. The van der Waals surface area contributed by atoms with Crippen molar-refractivity contribution >= 4 is 0 Å². The van der Waals surface area contributed by atoms with Crippen molar-refractivity contribution in [1.29, 1.82) is 0 Å². The highest BCUT2D eigenvalue weighted by Crippen LogP contribution is 2.27. The van der Waals surface area contributed by atoms with Gasteiger partial charge < -0.3 is 10.1 Å². The van der Waals surface area contributed by atoms with Crippen molar-refractivity contribution in [3.05, 3.63) is 48.2 Å². The molecule has 0 aromatic heterocycles. The van der Waals surface area contributed by atoms with Gasteiger partial charge in [-0.15, -0.1) is 0 Å². The second-order valence-corrected chi connectivity index (χ2v) is 7.75. The molecule has 0 aliphatic carbocycles. The van der Waals surface area contributed by atoms with Gasteiger partial charge in [0.1, 0.15) is 0 Å². The molecule has 0 heterocycles. The van der Waals surface area contributed by atoms with Crippen molar-refractivity contribution in [1.82, 2.24) is 5.32 Å². The molecule has 0 rings (SSSR count). The van der Waals surface area contributed by atoms with Gasteiger partial charge in [-0.3, -0.25) is 0 Å². The van der Waals surface area contributed by atoms with E-state index in [2.05, 4.69) is 58.7 Å². The van der Waals surface area contributed by atoms with E-state index in [1.165, 1.54) is 12.8 Å². The van der Waals surface area contributed by atoms with Crippen LogP contribution in [0.3, 0.4) is 0 Å². The molecule has 0 aliphatic rings. The number of allylic oxidation sites excluding steroid dienone is 5. The van der Waals surface area contributed by atoms with Crippen LogP contribution in [-0.4, -0.2) is 18.8 Å². The van der Waals surface area contributed by atoms with Crippen molar-refractivity contribution in [3.8, 4) is 0 Å². The maximum atomic E-state index is 6.13. The van der Waals surface area contributed by atoms with Crippen LogP contribution >= 0.6 is 0 Å². The Morgan fingerprint density at radius 2 is 1.75 bits per heavy atom. The minimum absolute atomic E-state index is 0.215. The average Bonchev–Trinajstić information content (AvgIpc) is 2.48. The van der Waals surface area contributed by atoms with Gasteiger partial charge in [0.2, 0.25) is 0 Å². The Bertz CT molecular complexity index is 453. The summed E-state index contributed by atoms with van der Waals surface area (Å²) >= 11 is 0. The Morgan fingerprint density at radius 3 is 2.29 bits per heavy atom. The summed E-state index contributed by atoms with van der Waals surface area (Å²) in [5.41, 5.74) is 2.16. The van der Waals surface area contributed by atoms with Gasteiger partial charge in [0, 0.05) is 18.8 Å². The zero-order chi connectivity index (χ0) is 18.6. The van der Waals surface area contributed by atoms with Gasteiger partial charge in [-0.1, -0.05) is 64.2 Å². The van der Waals surface area contributed by atoms with Crippen molar-refractivity contribution in [2.45, 2.75) is 73.3 Å². The standard InChI is InChI=1S/C22H39NO/c1-9-12-14-20(13-10-2)19(4)23-18-22(7,8)24-17-16-21(5,6)15-11-3/h9-10,12-14,23H,4,11,15-18H2,1-3,5-8H3/b12-9-,13-10-,20-14+. The molecule has 2 heteroatoms. The largest absolute Gasteiger partial charge is 0.382 e. The molecule has 0 fully saturated rings. The molecule has 0 aromatic rings. The molecular formula is C22H39NO. The summed E-state index contributed by atoms with van der Waals surface area (Å²) in [6.45, 7) is 20.9. The summed E-state index contributed by atoms with van der Waals surface area (Å²) in [5.74, 6) is 0. The van der Waals surface area contributed by atoms with E-state index < -0.39 is 0 Å². The minimum Gasteiger partial charge on any atom is -0.382 e. The highest BCUT2D eigenvalue weighted by Gasteiger charge is 2.22. The predicted octanol–water partition coefficient (Wildman–Crippen LogP) is 6.18. The highest BCUT2D eigenvalue weighted by molar-refractivity contribution is 5.39. The van der Waals surface area contributed by atoms with Gasteiger partial charge in [0.05, 0.1) is 5.60 Å². The lowest BCUT2D eigenvalue weighted by Gasteiger charge is -2.30. The van der Waals surface area contributed by atoms with Gasteiger partial charge in [-0.25, -0.2) is 0 Å². The van der Waals surface area contributed by atoms with Crippen LogP contribution in [0.15, 0.2) is 48.2 Å². The molecule has 0 radical (unpaired) electrons. The summed E-state index contributed by atoms with van der Waals surface area (Å²) in [4.78, 5) is 0. The quantitative estimate of drug-likeness (QED) is 0.431. The molecule has 0 aromatic carbocycles. The first kappa shape index (κ1) is 22.7. The van der Waals surface area contributed by atoms with Crippen LogP contribution in [-0.2, 0) is 4.74 Å². The smallest absolute Gasteiger partial charge is 0.0798 e. The van der Waals surface area contributed by atoms with Crippen molar-refractivity contribution in [2.24, 2.45) is 5.41 Å². The lowest BCUT2D eigenvalue weighted by Crippen LogP contribution is -2.38. The van der Waals surface area contributed by atoms with Gasteiger partial charge >= 0.3 is 0 Å². The Labute approximate surface area is 150 Å². The number of hydrogen-bond donors (Lipinski definition) is 1. The lowest BCUT2D eigenvalue weighted by molar-refractivity contribution is -0.0268. The highest BCUT2D eigenvalue weighted by atomic mass is 16.5. The fraction of sp³-hybridized carbons (Fsp3) is 0.636. The number of rotatable bonds is 12. The third-order valence-electron chi connectivity index (χ3n) is 4.09. The molecule has 0 spiro atoms. The lowest BCUT2D eigenvalue weighted by atomic mass is 9.85. The van der Waals surface area contributed by atoms with Gasteiger partial charge in [0.15, 0.2) is 0 Å². The molecule has 138 valence electrons. The first-order valence-electron chi connectivity index (χ1n) is 9.20. The van der Waals surface area contributed by atoms with E-state index in [1.807, 2.05) is 32.1 Å². The van der Waals surface area contributed by atoms with Crippen LogP contribution in [0.5, 0.6) is 0 Å². The zero-order valence-corrected chi connectivity index (χ0v) is 17.0. The number of ether oxygens (including phenoxy) is 1. The SMILES string of the molecule is C=C(NCC(C)(C)OCCC(C)(C)CCC)C(/C=C\C)=C/C=C\C. The van der Waals surface area contributed by atoms with Crippen LogP contribution in [0.1, 0.15) is 67.7 Å². The molecule has 0 bridgehead atoms. The average molecular weight is 334 g/mol. The molecule has 2 nitrogen and oxygen atoms in total. The first-order valence-corrected chi connectivity index (χ1v) is 9.20. The molecule has 0 amide bonds. The second kappa shape index (κ2) is 11.3. The van der Waals surface area contributed by atoms with Crippen LogP contribution in [0, 0.1) is 5.41 Å². The Balaban J connectivity index is 4.47. The van der Waals surface area contributed by atoms with Crippen molar-refractivity contribution in [3.63, 3.8) is 0 Å². The van der Waals surface area contributed by atoms with Gasteiger partial charge in [-0.05, 0) is 51.5 Å². The molecule has 24 heavy (non-hydrogen) atoms. The first-order chi connectivity index (χ1) is 11.2. The van der Waals surface area contributed by atoms with E-state index >= 15 is 0 Å². The fourth-order valence-corrected chi connectivity index (χ4v) is 2.51. The summed E-state index contributed by atoms with van der Waals surface area (Å²) in [6.07, 6.45) is 13.8. The van der Waals surface area contributed by atoms with E-state index in [0.29, 0.717) is 5.41 Å². The molecule has 0 saturated carbocycles. The summed E-state index contributed by atoms with van der Waals surface area (Å²) in [5, 5.41) is 3.42. The summed E-state index contributed by atoms with van der Waals surface area (Å²) < 4.78 is 6.13. The van der Waals surface area contributed by atoms with E-state index in [9.17, 15) is 0 Å². The molecular weight excluding hydrogens is 294 g/mol. The van der Waals surface area contributed by atoms with E-state index in [0.717, 1.165) is 30.8 Å². The number of hydrogen-bond acceptors (Lipinski definition) is 2. The predicted molar refractivity (Wildman–Crippen MR) is 108 cm³/mol. The maximum absolute atomic E-state index is 6.13. The minimum atomic E-state index is -0.215. The van der Waals surface area contributed by atoms with Gasteiger partial charge in [0.25, 0.3) is 0 Å². The topological polar surface area (TPSA) is 21.3 Å². The Kier molecular flexibility index (Phi) is 10.7. The Morgan fingerprint density at radius 1 is 1.08 bits per heavy atom. The van der Waals surface area contributed by atoms with Crippen LogP contribution in [0.4, 0.5) is 0 Å². The van der Waals surface area contributed by atoms with Crippen LogP contribution in [0.2, 0.25) is 0 Å². The van der Waals surface area contributed by atoms with E-state index in [4.69, 9.17) is 4.74 Å². The van der Waals surface area contributed by atoms with E-state index in [-0.39, 0.29) is 5.60 Å². The van der Waals surface area contributed by atoms with Crippen molar-refractivity contribution < 1.29 is 4.74 Å². The zero-order valence-electron chi connectivity index (χ0n) is 17.0. The molecule has 0 unspecified atom stereocenters. The number of nitrogens with one attached hydrogen (secondary N) is 1. The monoisotopic (exact) mass is 333 g/mol. The second-order valence-electron chi connectivity index (χ2n) is 7.75. The fourth-order valence-electron chi connectivity index (χ4n) is 2.51. The summed E-state index contributed by atoms with van der Waals surface area (Å²) in [6, 6.07) is 0. The van der Waals surface area contributed by atoms with Crippen LogP contribution in [0.25, 0.3) is 0 Å². The molecule has 0 saturated heterocycles. The van der Waals surface area contributed by atoms with Gasteiger partial charge in [-0.2, -0.15) is 0 Å². The van der Waals surface area contributed by atoms with Crippen molar-refractivity contribution in [2.75, 3.05) is 13.2 Å². The summed E-state index contributed by atoms with van der Waals surface area (Å²) in [7, 11) is 0. The normalized spacial score (nSPS) is 13.9. The molecule has 1 N–H and O–H groups in total. The molecule has 0 aliphatic heterocycles. The van der Waals surface area contributed by atoms with E-state index in [1.54, 1.807) is 0 Å². The third-order valence-corrected chi connectivity index (χ3v) is 4.09.